The molecule has 3 amide bonds. The molecule has 0 saturated carbocycles. The lowest BCUT2D eigenvalue weighted by atomic mass is 10.0. The summed E-state index contributed by atoms with van der Waals surface area (Å²) in [4.78, 5) is 39.6. The number of fused-ring (bicyclic) bond motifs is 1. The van der Waals surface area contributed by atoms with Crippen LogP contribution in [0.25, 0.3) is 0 Å². The summed E-state index contributed by atoms with van der Waals surface area (Å²) in [6, 6.07) is 11.3. The summed E-state index contributed by atoms with van der Waals surface area (Å²) in [5.74, 6) is -0.826. The predicted octanol–water partition coefficient (Wildman–Crippen LogP) is 3.36. The third-order valence-electron chi connectivity index (χ3n) is 5.49. The Kier molecular flexibility index (Phi) is 5.31. The third kappa shape index (κ3) is 3.93. The van der Waals surface area contributed by atoms with Crippen molar-refractivity contribution in [2.24, 2.45) is 10.3 Å². The van der Waals surface area contributed by atoms with Gasteiger partial charge in [-0.05, 0) is 60.7 Å². The molecule has 2 aromatic carbocycles. The van der Waals surface area contributed by atoms with Crippen LogP contribution in [-0.2, 0) is 14.4 Å². The van der Waals surface area contributed by atoms with Crippen LogP contribution in [-0.4, -0.2) is 41.4 Å². The van der Waals surface area contributed by atoms with Gasteiger partial charge in [0, 0.05) is 5.69 Å². The Labute approximate surface area is 180 Å². The van der Waals surface area contributed by atoms with Crippen molar-refractivity contribution in [2.75, 3.05) is 16.8 Å². The van der Waals surface area contributed by atoms with Crippen molar-refractivity contribution in [1.82, 2.24) is 5.01 Å². The molecule has 0 radical (unpaired) electrons. The first-order valence-electron chi connectivity index (χ1n) is 10.3. The molecule has 8 nitrogen and oxygen atoms in total. The number of carbonyl (C=O) groups is 3. The number of imide groups is 1. The van der Waals surface area contributed by atoms with Gasteiger partial charge in [0.15, 0.2) is 12.1 Å². The van der Waals surface area contributed by atoms with E-state index in [0.717, 1.165) is 21.6 Å². The molecule has 2 aliphatic rings. The number of nitrogens with zero attached hydrogens (tertiary/aromatic N) is 4. The lowest BCUT2D eigenvalue weighted by Gasteiger charge is -2.20. The van der Waals surface area contributed by atoms with Crippen LogP contribution in [0.15, 0.2) is 52.8 Å². The van der Waals surface area contributed by atoms with Crippen molar-refractivity contribution >= 4 is 29.1 Å². The zero-order valence-electron chi connectivity index (χ0n) is 18.0. The van der Waals surface area contributed by atoms with Gasteiger partial charge in [-0.3, -0.25) is 19.4 Å². The molecule has 2 heterocycles. The van der Waals surface area contributed by atoms with Gasteiger partial charge in [0.05, 0.1) is 5.69 Å². The topological polar surface area (TPSA) is 94.4 Å². The molecular formula is C23H25N5O3. The number of rotatable bonds is 5. The molecule has 4 rings (SSSR count). The minimum absolute atomic E-state index is 0.170. The third-order valence-corrected chi connectivity index (χ3v) is 5.49. The second kappa shape index (κ2) is 7.94. The van der Waals surface area contributed by atoms with Crippen LogP contribution < -0.4 is 10.2 Å². The molecule has 0 aromatic heterocycles. The van der Waals surface area contributed by atoms with Gasteiger partial charge in [0.1, 0.15) is 6.54 Å². The minimum Gasteiger partial charge on any atom is -0.324 e. The van der Waals surface area contributed by atoms with E-state index in [0.29, 0.717) is 17.3 Å². The van der Waals surface area contributed by atoms with Crippen molar-refractivity contribution in [1.29, 1.82) is 0 Å². The van der Waals surface area contributed by atoms with E-state index in [1.807, 2.05) is 44.2 Å². The molecule has 2 aliphatic heterocycles. The zero-order valence-corrected chi connectivity index (χ0v) is 18.0. The van der Waals surface area contributed by atoms with Gasteiger partial charge in [-0.2, -0.15) is 5.11 Å². The average molecular weight is 419 g/mol. The molecule has 31 heavy (non-hydrogen) atoms. The number of carbonyl (C=O) groups excluding carboxylic acids is 3. The van der Waals surface area contributed by atoms with Crippen molar-refractivity contribution in [3.63, 3.8) is 0 Å². The summed E-state index contributed by atoms with van der Waals surface area (Å²) in [7, 11) is 0. The Bertz CT molecular complexity index is 1060. The molecule has 0 bridgehead atoms. The van der Waals surface area contributed by atoms with E-state index in [-0.39, 0.29) is 12.5 Å². The highest BCUT2D eigenvalue weighted by molar-refractivity contribution is 6.25. The first kappa shape index (κ1) is 20.7. The van der Waals surface area contributed by atoms with Crippen LogP contribution in [0.5, 0.6) is 0 Å². The molecule has 8 heteroatoms. The number of aryl methyl sites for hydroxylation is 2. The van der Waals surface area contributed by atoms with Gasteiger partial charge in [-0.25, -0.2) is 4.90 Å². The fraction of sp³-hybridized carbons (Fsp3) is 0.348. The molecule has 1 fully saturated rings. The monoisotopic (exact) mass is 419 g/mol. The van der Waals surface area contributed by atoms with Crippen LogP contribution in [0.1, 0.15) is 36.5 Å². The summed E-state index contributed by atoms with van der Waals surface area (Å²) >= 11 is 0. The Balaban J connectivity index is 1.48. The number of hydrogen-bond donors (Lipinski definition) is 1. The van der Waals surface area contributed by atoms with Crippen molar-refractivity contribution in [3.8, 4) is 0 Å². The molecular weight excluding hydrogens is 394 g/mol. The highest BCUT2D eigenvalue weighted by Gasteiger charge is 2.55. The summed E-state index contributed by atoms with van der Waals surface area (Å²) in [5, 5.41) is 12.0. The zero-order chi connectivity index (χ0) is 22.3. The fourth-order valence-corrected chi connectivity index (χ4v) is 4.01. The molecule has 1 N–H and O–H groups in total. The molecule has 0 spiro atoms. The van der Waals surface area contributed by atoms with Gasteiger partial charge in [0.25, 0.3) is 11.8 Å². The number of amides is 3. The fourth-order valence-electron chi connectivity index (χ4n) is 4.01. The number of benzene rings is 2. The van der Waals surface area contributed by atoms with E-state index < -0.39 is 23.9 Å². The number of anilines is 2. The quantitative estimate of drug-likeness (QED) is 0.752. The van der Waals surface area contributed by atoms with Gasteiger partial charge in [-0.1, -0.05) is 37.3 Å². The first-order chi connectivity index (χ1) is 14.7. The Hall–Kier alpha value is -3.55. The maximum Gasteiger partial charge on any atom is 0.263 e. The van der Waals surface area contributed by atoms with E-state index in [4.69, 9.17) is 0 Å². The van der Waals surface area contributed by atoms with Crippen LogP contribution in [0.4, 0.5) is 11.4 Å². The maximum atomic E-state index is 13.1. The summed E-state index contributed by atoms with van der Waals surface area (Å²) in [6.45, 7) is 7.89. The van der Waals surface area contributed by atoms with Crippen LogP contribution in [0.3, 0.4) is 0 Å². The van der Waals surface area contributed by atoms with Gasteiger partial charge >= 0.3 is 0 Å². The second-order valence-corrected chi connectivity index (χ2v) is 8.37. The van der Waals surface area contributed by atoms with Crippen molar-refractivity contribution in [2.45, 2.75) is 45.7 Å². The highest BCUT2D eigenvalue weighted by Crippen LogP contribution is 2.32. The smallest absolute Gasteiger partial charge is 0.263 e. The van der Waals surface area contributed by atoms with Gasteiger partial charge < -0.3 is 5.32 Å². The van der Waals surface area contributed by atoms with Crippen LogP contribution in [0, 0.1) is 13.8 Å². The van der Waals surface area contributed by atoms with E-state index in [1.54, 1.807) is 12.1 Å². The van der Waals surface area contributed by atoms with Gasteiger partial charge in [-0.15, -0.1) is 0 Å². The van der Waals surface area contributed by atoms with Gasteiger partial charge in [0.2, 0.25) is 5.91 Å². The average Bonchev–Trinajstić information content (AvgIpc) is 3.21. The molecule has 0 unspecified atom stereocenters. The van der Waals surface area contributed by atoms with E-state index in [9.17, 15) is 14.4 Å². The Morgan fingerprint density at radius 1 is 1.03 bits per heavy atom. The maximum absolute atomic E-state index is 13.1. The minimum atomic E-state index is -0.925. The number of hydrogen-bond acceptors (Lipinski definition) is 6. The lowest BCUT2D eigenvalue weighted by Crippen LogP contribution is -2.43. The molecule has 2 aromatic rings. The summed E-state index contributed by atoms with van der Waals surface area (Å²) < 4.78 is 0. The van der Waals surface area contributed by atoms with Crippen LogP contribution >= 0.6 is 0 Å². The van der Waals surface area contributed by atoms with E-state index in [1.165, 1.54) is 5.01 Å². The molecule has 0 aliphatic carbocycles. The van der Waals surface area contributed by atoms with E-state index in [2.05, 4.69) is 29.5 Å². The largest absolute Gasteiger partial charge is 0.324 e. The Morgan fingerprint density at radius 2 is 1.68 bits per heavy atom. The standard InChI is InChI=1S/C23H25N5O3/c1-13(2)16-5-7-18(8-6-16)28-22(30)20-21(23(28)31)27(26-25-20)12-19(29)24-17-10-14(3)9-15(4)11-17/h5-11,13,20-21H,12H2,1-4H3,(H,24,29)/t20-,21+/m0/s1. The summed E-state index contributed by atoms with van der Waals surface area (Å²) in [5.41, 5.74) is 4.37. The van der Waals surface area contributed by atoms with Crippen molar-refractivity contribution < 1.29 is 14.4 Å². The number of nitrogens with one attached hydrogen (secondary N) is 1. The predicted molar refractivity (Wildman–Crippen MR) is 117 cm³/mol. The molecule has 1 saturated heterocycles. The molecule has 2 atom stereocenters. The molecule has 160 valence electrons. The highest BCUT2D eigenvalue weighted by atomic mass is 16.2. The normalized spacial score (nSPS) is 20.0. The first-order valence-corrected chi connectivity index (χ1v) is 10.3. The van der Waals surface area contributed by atoms with E-state index >= 15 is 0 Å². The lowest BCUT2D eigenvalue weighted by molar-refractivity contribution is -0.123. The second-order valence-electron chi connectivity index (χ2n) is 8.37. The van der Waals surface area contributed by atoms with Crippen molar-refractivity contribution in [3.05, 3.63) is 59.2 Å². The van der Waals surface area contributed by atoms with Crippen LogP contribution in [0.2, 0.25) is 0 Å². The summed E-state index contributed by atoms with van der Waals surface area (Å²) in [6.07, 6.45) is 0. The Morgan fingerprint density at radius 3 is 2.29 bits per heavy atom. The SMILES string of the molecule is Cc1cc(C)cc(NC(=O)CN2N=N[C@@H]3C(=O)N(c4ccc(C(C)C)cc4)C(=O)[C@@H]32)c1.